The third-order valence-electron chi connectivity index (χ3n) is 2.38. The summed E-state index contributed by atoms with van der Waals surface area (Å²) in [4.78, 5) is 35.9. The molecular weight excluding hydrogens is 434 g/mol. The number of hydrogen-bond donors (Lipinski definition) is 5. The van der Waals surface area contributed by atoms with E-state index in [-0.39, 0.29) is 59.1 Å². The average Bonchev–Trinajstić information content (AvgIpc) is 2.13. The summed E-state index contributed by atoms with van der Waals surface area (Å²) in [5.74, 6) is 0. The predicted molar refractivity (Wildman–Crippen MR) is 66.1 cm³/mol. The Morgan fingerprint density at radius 1 is 1.20 bits per heavy atom. The molecule has 0 saturated heterocycles. The number of pyridine rings is 1. The molecule has 1 heterocycles. The van der Waals surface area contributed by atoms with E-state index < -0.39 is 26.7 Å². The third-order valence-corrected chi connectivity index (χ3v) is 6.12. The number of aromatic nitrogens is 1. The van der Waals surface area contributed by atoms with Crippen molar-refractivity contribution in [3.8, 4) is 0 Å². The molecule has 1 rings (SSSR count). The van der Waals surface area contributed by atoms with Gasteiger partial charge in [0.15, 0.2) is 12.4 Å². The molecule has 0 spiro atoms. The zero-order valence-corrected chi connectivity index (χ0v) is 16.7. The first-order valence-electron chi connectivity index (χ1n) is 4.75. The third kappa shape index (κ3) is 5.40. The van der Waals surface area contributed by atoms with Crippen LogP contribution in [-0.2, 0) is 22.6 Å². The van der Waals surface area contributed by atoms with E-state index in [0.29, 0.717) is 0 Å². The van der Waals surface area contributed by atoms with Crippen LogP contribution in [0.25, 0.3) is 0 Å². The van der Waals surface area contributed by atoms with Crippen LogP contribution >= 0.6 is 15.2 Å². The molecule has 1 aromatic rings. The maximum atomic E-state index is 11.1. The van der Waals surface area contributed by atoms with E-state index in [0.717, 1.165) is 0 Å². The van der Waals surface area contributed by atoms with Crippen molar-refractivity contribution < 1.29 is 62.4 Å². The molecular formula is C8H14INNaO7P2. The molecule has 5 N–H and O–H groups in total. The zero-order valence-electron chi connectivity index (χ0n) is 10.8. The van der Waals surface area contributed by atoms with Crippen LogP contribution < -0.4 is 28.5 Å². The number of nitrogens with zero attached hydrogens (tertiary/aromatic N) is 1. The van der Waals surface area contributed by atoms with Crippen molar-refractivity contribution >= 4 is 44.7 Å². The molecule has 0 unspecified atom stereocenters. The normalized spacial score (nSPS) is 12.3. The molecule has 0 aliphatic rings. The molecule has 0 saturated carbocycles. The molecule has 0 aromatic carbocycles. The monoisotopic (exact) mass is 448 g/mol. The van der Waals surface area contributed by atoms with Gasteiger partial charge in [0.25, 0.3) is 5.08 Å². The van der Waals surface area contributed by atoms with Crippen LogP contribution in [0.4, 0.5) is 0 Å². The molecule has 12 heteroatoms. The fraction of sp³-hybridized carbons (Fsp3) is 0.375. The van der Waals surface area contributed by atoms with Gasteiger partial charge in [0, 0.05) is 47.6 Å². The van der Waals surface area contributed by atoms with Crippen LogP contribution in [0.15, 0.2) is 24.5 Å². The van der Waals surface area contributed by atoms with Gasteiger partial charge >= 0.3 is 15.2 Å². The first-order valence-corrected chi connectivity index (χ1v) is 7.98. The maximum Gasteiger partial charge on any atom is 0.369 e. The number of hydrogen-bond acceptors (Lipinski definition) is 3. The second-order valence-corrected chi connectivity index (χ2v) is 7.93. The zero-order chi connectivity index (χ0) is 14.2. The molecule has 111 valence electrons. The van der Waals surface area contributed by atoms with Crippen molar-refractivity contribution in [1.82, 2.24) is 0 Å². The second kappa shape index (κ2) is 8.12. The van der Waals surface area contributed by atoms with Gasteiger partial charge in [0.2, 0.25) is 0 Å². The van der Waals surface area contributed by atoms with Gasteiger partial charge < -0.3 is 48.7 Å². The first-order chi connectivity index (χ1) is 7.97. The topological polar surface area (TPSA) is 139 Å². The number of aryl methyl sites for hydroxylation is 1. The molecule has 0 aliphatic carbocycles. The molecule has 1 aromatic heterocycles. The van der Waals surface area contributed by atoms with E-state index in [4.69, 9.17) is 19.6 Å². The minimum atomic E-state index is -5.41. The molecule has 8 nitrogen and oxygen atoms in total. The Hall–Kier alpha value is 1.14. The average molecular weight is 448 g/mol. The number of halogens is 1. The minimum absolute atomic E-state index is 0. The SMILES string of the molecule is C[n+]1cccc(CC(O)(P(=O)(O)O)P(=O)(O)O)c1.[I-].[Na]. The second-order valence-electron chi connectivity index (χ2n) is 3.92. The van der Waals surface area contributed by atoms with Gasteiger partial charge in [0.1, 0.15) is 7.05 Å². The standard InChI is InChI=1S/C8H13NO7P2.HI.Na/c1-9-4-2-3-7(6-9)5-8(10,17(11,12)13)18(14,15)16;;/h2-4,6,10H,5H2,1H3,(H3-,11,12,13,14,15,16);1H;. The van der Waals surface area contributed by atoms with Gasteiger partial charge in [0.05, 0.1) is 0 Å². The van der Waals surface area contributed by atoms with Crippen molar-refractivity contribution in [3.63, 3.8) is 0 Å². The minimum Gasteiger partial charge on any atom is -1.00 e. The van der Waals surface area contributed by atoms with Crippen molar-refractivity contribution in [1.29, 1.82) is 0 Å². The van der Waals surface area contributed by atoms with Crippen molar-refractivity contribution in [2.24, 2.45) is 7.05 Å². The van der Waals surface area contributed by atoms with Crippen LogP contribution in [0, 0.1) is 0 Å². The van der Waals surface area contributed by atoms with E-state index in [1.165, 1.54) is 22.9 Å². The van der Waals surface area contributed by atoms with E-state index in [2.05, 4.69) is 0 Å². The van der Waals surface area contributed by atoms with Gasteiger partial charge in [-0.15, -0.1) is 0 Å². The summed E-state index contributed by atoms with van der Waals surface area (Å²) in [5, 5.41) is 6.28. The Bertz CT molecular complexity index is 523. The largest absolute Gasteiger partial charge is 1.00 e. The van der Waals surface area contributed by atoms with E-state index in [9.17, 15) is 14.2 Å². The van der Waals surface area contributed by atoms with Crippen LogP contribution in [0.2, 0.25) is 0 Å². The van der Waals surface area contributed by atoms with Crippen LogP contribution in [0.3, 0.4) is 0 Å². The first kappa shape index (κ1) is 23.4. The van der Waals surface area contributed by atoms with Crippen molar-refractivity contribution in [2.45, 2.75) is 11.5 Å². The van der Waals surface area contributed by atoms with Crippen LogP contribution in [0.5, 0.6) is 0 Å². The molecule has 0 aliphatic heterocycles. The van der Waals surface area contributed by atoms with Gasteiger partial charge in [-0.3, -0.25) is 9.13 Å². The summed E-state index contributed by atoms with van der Waals surface area (Å²) in [6, 6.07) is 2.92. The van der Waals surface area contributed by atoms with Crippen LogP contribution in [-0.4, -0.2) is 59.3 Å². The molecule has 0 atom stereocenters. The van der Waals surface area contributed by atoms with E-state index in [1.54, 1.807) is 13.2 Å². The Morgan fingerprint density at radius 3 is 2.00 bits per heavy atom. The summed E-state index contributed by atoms with van der Waals surface area (Å²) < 4.78 is 23.8. The Kier molecular flexibility index (Phi) is 9.51. The van der Waals surface area contributed by atoms with Crippen LogP contribution in [0.1, 0.15) is 5.56 Å². The number of aliphatic hydroxyl groups is 1. The van der Waals surface area contributed by atoms with E-state index >= 15 is 0 Å². The van der Waals surface area contributed by atoms with Gasteiger partial charge in [-0.1, -0.05) is 0 Å². The smallest absolute Gasteiger partial charge is 0.369 e. The van der Waals surface area contributed by atoms with Gasteiger partial charge in [-0.05, 0) is 6.07 Å². The Morgan fingerprint density at radius 2 is 1.65 bits per heavy atom. The quantitative estimate of drug-likeness (QED) is 0.136. The Labute approximate surface area is 154 Å². The summed E-state index contributed by atoms with van der Waals surface area (Å²) >= 11 is 0. The summed E-state index contributed by atoms with van der Waals surface area (Å²) in [6.45, 7) is 0. The van der Waals surface area contributed by atoms with E-state index in [1.807, 2.05) is 0 Å². The fourth-order valence-electron chi connectivity index (χ4n) is 1.40. The predicted octanol–water partition coefficient (Wildman–Crippen LogP) is -4.32. The maximum absolute atomic E-state index is 11.1. The van der Waals surface area contributed by atoms with Gasteiger partial charge in [-0.25, -0.2) is 4.57 Å². The van der Waals surface area contributed by atoms with Crippen molar-refractivity contribution in [2.75, 3.05) is 0 Å². The molecule has 1 radical (unpaired) electrons. The summed E-state index contributed by atoms with van der Waals surface area (Å²) in [5.41, 5.74) is 0.189. The summed E-state index contributed by atoms with van der Waals surface area (Å²) in [6.07, 6.45) is 2.17. The number of rotatable bonds is 4. The molecule has 20 heavy (non-hydrogen) atoms. The molecule has 0 amide bonds. The molecule has 0 bridgehead atoms. The van der Waals surface area contributed by atoms with Gasteiger partial charge in [-0.2, -0.15) is 0 Å². The fourth-order valence-corrected chi connectivity index (χ4v) is 3.54. The molecule has 0 fully saturated rings. The van der Waals surface area contributed by atoms with Crippen molar-refractivity contribution in [3.05, 3.63) is 30.1 Å². The Balaban J connectivity index is 0. The summed E-state index contributed by atoms with van der Waals surface area (Å²) in [7, 11) is -9.19.